The van der Waals surface area contributed by atoms with Crippen LogP contribution in [0.4, 0.5) is 11.5 Å². The van der Waals surface area contributed by atoms with E-state index in [0.717, 1.165) is 0 Å². The first-order chi connectivity index (χ1) is 4.34. The molecule has 0 aliphatic carbocycles. The average molecular weight is 120 g/mol. The van der Waals surface area contributed by atoms with Gasteiger partial charge in [-0.3, -0.25) is 4.98 Å². The second-order valence-electron chi connectivity index (χ2n) is 1.41. The van der Waals surface area contributed by atoms with Gasteiger partial charge in [-0.2, -0.15) is 0 Å². The number of hydrogen-bond acceptors (Lipinski definition) is 3. The highest BCUT2D eigenvalue weighted by molar-refractivity contribution is 5.60. The van der Waals surface area contributed by atoms with Crippen LogP contribution in [-0.2, 0) is 0 Å². The summed E-state index contributed by atoms with van der Waals surface area (Å²) in [5.41, 5.74) is 5.57. The summed E-state index contributed by atoms with van der Waals surface area (Å²) in [5, 5.41) is 0. The van der Waals surface area contributed by atoms with Crippen molar-refractivity contribution in [1.29, 1.82) is 0 Å². The average Bonchev–Trinajstić information content (AvgIpc) is 1.89. The molecule has 0 amide bonds. The zero-order chi connectivity index (χ0) is 6.69. The molecule has 0 unspecified atom stereocenters. The molecule has 0 aromatic carbocycles. The Morgan fingerprint density at radius 1 is 1.67 bits per heavy atom. The van der Waals surface area contributed by atoms with Gasteiger partial charge in [-0.15, -0.1) is 0 Å². The lowest BCUT2D eigenvalue weighted by Gasteiger charge is -1.89. The van der Waals surface area contributed by atoms with Crippen LogP contribution in [0.3, 0.4) is 0 Å². The van der Waals surface area contributed by atoms with Crippen LogP contribution in [0.1, 0.15) is 0 Å². The van der Waals surface area contributed by atoms with E-state index in [0.29, 0.717) is 5.69 Å². The van der Waals surface area contributed by atoms with Gasteiger partial charge in [0.15, 0.2) is 0 Å². The van der Waals surface area contributed by atoms with E-state index in [1.165, 1.54) is 12.5 Å². The number of nitrogens with two attached hydrogens (primary N) is 1. The number of nitrogen functional groups attached to an aromatic ring is 1. The van der Waals surface area contributed by atoms with Crippen LogP contribution in [0, 0.1) is 6.57 Å². The van der Waals surface area contributed by atoms with Crippen LogP contribution in [0.5, 0.6) is 0 Å². The fourth-order valence-electron chi connectivity index (χ4n) is 0.418. The first kappa shape index (κ1) is 5.51. The van der Waals surface area contributed by atoms with Gasteiger partial charge in [-0.25, -0.2) is 9.83 Å². The van der Waals surface area contributed by atoms with Gasteiger partial charge in [-0.1, -0.05) is 0 Å². The second-order valence-corrected chi connectivity index (χ2v) is 1.41. The highest BCUT2D eigenvalue weighted by atomic mass is 14.9. The highest BCUT2D eigenvalue weighted by Crippen LogP contribution is 2.14. The van der Waals surface area contributed by atoms with Crippen molar-refractivity contribution in [3.8, 4) is 0 Å². The minimum Gasteiger partial charge on any atom is -0.392 e. The summed E-state index contributed by atoms with van der Waals surface area (Å²) in [6, 6.07) is 0. The molecular formula is C5H4N4. The van der Waals surface area contributed by atoms with Crippen molar-refractivity contribution >= 4 is 11.5 Å². The molecule has 0 aliphatic rings. The quantitative estimate of drug-likeness (QED) is 0.510. The normalized spacial score (nSPS) is 8.33. The molecule has 2 N–H and O–H groups in total. The van der Waals surface area contributed by atoms with Gasteiger partial charge >= 0.3 is 0 Å². The number of rotatable bonds is 0. The number of nitrogens with zero attached hydrogens (tertiary/aromatic N) is 3. The van der Waals surface area contributed by atoms with E-state index in [-0.39, 0.29) is 5.82 Å². The summed E-state index contributed by atoms with van der Waals surface area (Å²) >= 11 is 0. The second kappa shape index (κ2) is 2.09. The Morgan fingerprint density at radius 2 is 2.44 bits per heavy atom. The minimum absolute atomic E-state index is 0.236. The summed E-state index contributed by atoms with van der Waals surface area (Å²) < 4.78 is 0. The third kappa shape index (κ3) is 0.941. The Kier molecular flexibility index (Phi) is 1.28. The summed E-state index contributed by atoms with van der Waals surface area (Å²) in [7, 11) is 0. The molecule has 0 saturated heterocycles. The first-order valence-corrected chi connectivity index (χ1v) is 2.27. The minimum atomic E-state index is 0.236. The van der Waals surface area contributed by atoms with Gasteiger partial charge in [0.05, 0.1) is 6.57 Å². The van der Waals surface area contributed by atoms with Crippen LogP contribution in [0.25, 0.3) is 4.85 Å². The molecule has 4 heteroatoms. The Morgan fingerprint density at radius 3 is 2.89 bits per heavy atom. The predicted molar refractivity (Wildman–Crippen MR) is 32.7 cm³/mol. The van der Waals surface area contributed by atoms with Crippen molar-refractivity contribution in [2.45, 2.75) is 0 Å². The van der Waals surface area contributed by atoms with E-state index >= 15 is 0 Å². The lowest BCUT2D eigenvalue weighted by Crippen LogP contribution is -1.88. The molecule has 0 aliphatic heterocycles. The van der Waals surface area contributed by atoms with Crippen molar-refractivity contribution < 1.29 is 0 Å². The third-order valence-electron chi connectivity index (χ3n) is 0.843. The molecule has 1 aromatic heterocycles. The van der Waals surface area contributed by atoms with Crippen molar-refractivity contribution in [3.63, 3.8) is 0 Å². The molecule has 4 nitrogen and oxygen atoms in total. The Labute approximate surface area is 52.2 Å². The molecule has 0 atom stereocenters. The largest absolute Gasteiger partial charge is 0.392 e. The molecular weight excluding hydrogens is 116 g/mol. The molecule has 0 bridgehead atoms. The van der Waals surface area contributed by atoms with Crippen LogP contribution in [-0.4, -0.2) is 9.97 Å². The SMILES string of the molecule is [C-]#[N+]c1cncnc1N. The van der Waals surface area contributed by atoms with E-state index in [4.69, 9.17) is 12.3 Å². The predicted octanol–water partition coefficient (Wildman–Crippen LogP) is 0.610. The molecule has 9 heavy (non-hydrogen) atoms. The van der Waals surface area contributed by atoms with Crippen LogP contribution in [0.2, 0.25) is 0 Å². The zero-order valence-corrected chi connectivity index (χ0v) is 4.57. The van der Waals surface area contributed by atoms with Crippen LogP contribution < -0.4 is 5.73 Å². The van der Waals surface area contributed by atoms with Crippen molar-refractivity contribution in [2.75, 3.05) is 5.73 Å². The molecule has 0 radical (unpaired) electrons. The van der Waals surface area contributed by atoms with Crippen molar-refractivity contribution in [2.24, 2.45) is 0 Å². The molecule has 0 saturated carbocycles. The first-order valence-electron chi connectivity index (χ1n) is 2.27. The number of hydrogen-bond donors (Lipinski definition) is 1. The van der Waals surface area contributed by atoms with Gasteiger partial charge in [-0.05, 0) is 0 Å². The molecule has 44 valence electrons. The van der Waals surface area contributed by atoms with E-state index < -0.39 is 0 Å². The smallest absolute Gasteiger partial charge is 0.245 e. The fourth-order valence-corrected chi connectivity index (χ4v) is 0.418. The van der Waals surface area contributed by atoms with Gasteiger partial charge in [0.2, 0.25) is 5.69 Å². The van der Waals surface area contributed by atoms with Gasteiger partial charge in [0, 0.05) is 6.20 Å². The maximum absolute atomic E-state index is 6.55. The fraction of sp³-hybridized carbons (Fsp3) is 0. The Balaban J connectivity index is 3.20. The van der Waals surface area contributed by atoms with E-state index in [1.54, 1.807) is 0 Å². The third-order valence-corrected chi connectivity index (χ3v) is 0.843. The topological polar surface area (TPSA) is 56.2 Å². The maximum atomic E-state index is 6.55. The van der Waals surface area contributed by atoms with Crippen molar-refractivity contribution in [3.05, 3.63) is 23.9 Å². The molecule has 0 spiro atoms. The number of anilines is 1. The van der Waals surface area contributed by atoms with Gasteiger partial charge < -0.3 is 5.73 Å². The molecule has 1 heterocycles. The van der Waals surface area contributed by atoms with E-state index in [2.05, 4.69) is 14.8 Å². The molecule has 0 fully saturated rings. The van der Waals surface area contributed by atoms with E-state index in [1.807, 2.05) is 0 Å². The monoisotopic (exact) mass is 120 g/mol. The van der Waals surface area contributed by atoms with Crippen molar-refractivity contribution in [1.82, 2.24) is 9.97 Å². The lowest BCUT2D eigenvalue weighted by molar-refractivity contribution is 1.19. The lowest BCUT2D eigenvalue weighted by atomic mass is 10.5. The van der Waals surface area contributed by atoms with Gasteiger partial charge in [0.1, 0.15) is 12.1 Å². The zero-order valence-electron chi connectivity index (χ0n) is 4.57. The van der Waals surface area contributed by atoms with Crippen LogP contribution >= 0.6 is 0 Å². The van der Waals surface area contributed by atoms with Crippen LogP contribution in [0.15, 0.2) is 12.5 Å². The summed E-state index contributed by atoms with van der Waals surface area (Å²) in [6.45, 7) is 6.55. The number of aromatic nitrogens is 2. The summed E-state index contributed by atoms with van der Waals surface area (Å²) in [5.74, 6) is 0.236. The summed E-state index contributed by atoms with van der Waals surface area (Å²) in [6.07, 6.45) is 2.69. The maximum Gasteiger partial charge on any atom is 0.245 e. The molecule has 1 aromatic rings. The summed E-state index contributed by atoms with van der Waals surface area (Å²) in [4.78, 5) is 10.3. The Hall–Kier alpha value is -1.63. The highest BCUT2D eigenvalue weighted by Gasteiger charge is 1.94. The Bertz CT molecular complexity index is 249. The van der Waals surface area contributed by atoms with E-state index in [9.17, 15) is 0 Å². The molecule has 1 rings (SSSR count). The standard InChI is InChI=1S/C5H4N4/c1-7-4-2-8-3-9-5(4)6/h2-3H,(H2,6,8,9). The van der Waals surface area contributed by atoms with Gasteiger partial charge in [0.25, 0.3) is 0 Å².